The van der Waals surface area contributed by atoms with Gasteiger partial charge in [0.15, 0.2) is 0 Å². The third-order valence-electron chi connectivity index (χ3n) is 3.62. The van der Waals surface area contributed by atoms with Crippen molar-refractivity contribution in [2.24, 2.45) is 5.92 Å². The minimum absolute atomic E-state index is 0.442. The maximum Gasteiger partial charge on any atom is 0.308 e. The van der Waals surface area contributed by atoms with Crippen LogP contribution >= 0.6 is 0 Å². The molecule has 2 rings (SSSR count). The standard InChI is InChI=1S/C14H16FNO4/c15-9-5-3-7-11(17)12(9)13(18)16-10-6-2-1-4-8(10)14(19)20/h3,5,7-8,10,17H,1-2,4,6H2,(H,16,18)(H,19,20). The van der Waals surface area contributed by atoms with Gasteiger partial charge in [-0.1, -0.05) is 18.9 Å². The molecule has 0 aliphatic heterocycles. The van der Waals surface area contributed by atoms with Gasteiger partial charge in [0.25, 0.3) is 5.91 Å². The highest BCUT2D eigenvalue weighted by Gasteiger charge is 2.32. The highest BCUT2D eigenvalue weighted by Crippen LogP contribution is 2.26. The molecule has 108 valence electrons. The van der Waals surface area contributed by atoms with Crippen molar-refractivity contribution >= 4 is 11.9 Å². The van der Waals surface area contributed by atoms with E-state index in [4.69, 9.17) is 5.11 Å². The lowest BCUT2D eigenvalue weighted by Gasteiger charge is -2.29. The summed E-state index contributed by atoms with van der Waals surface area (Å²) in [6.45, 7) is 0. The van der Waals surface area contributed by atoms with Gasteiger partial charge in [0, 0.05) is 6.04 Å². The molecule has 0 saturated heterocycles. The first-order valence-electron chi connectivity index (χ1n) is 6.52. The van der Waals surface area contributed by atoms with Crippen LogP contribution in [-0.2, 0) is 4.79 Å². The topological polar surface area (TPSA) is 86.6 Å². The fourth-order valence-electron chi connectivity index (χ4n) is 2.58. The molecule has 0 spiro atoms. The number of carboxylic acid groups (broad SMARTS) is 1. The molecule has 20 heavy (non-hydrogen) atoms. The molecule has 1 fully saturated rings. The molecule has 1 aromatic rings. The maximum absolute atomic E-state index is 13.6. The normalized spacial score (nSPS) is 22.2. The van der Waals surface area contributed by atoms with E-state index in [0.29, 0.717) is 12.8 Å². The Morgan fingerprint density at radius 2 is 1.95 bits per heavy atom. The van der Waals surface area contributed by atoms with E-state index < -0.39 is 41.0 Å². The Bertz CT molecular complexity index is 512. The van der Waals surface area contributed by atoms with Crippen LogP contribution in [0.5, 0.6) is 5.75 Å². The molecule has 5 nitrogen and oxygen atoms in total. The number of halogens is 1. The van der Waals surface area contributed by atoms with Crippen LogP contribution in [-0.4, -0.2) is 28.1 Å². The fraction of sp³-hybridized carbons (Fsp3) is 0.429. The average molecular weight is 281 g/mol. The lowest BCUT2D eigenvalue weighted by Crippen LogP contribution is -2.45. The molecular formula is C14H16FNO4. The predicted octanol–water partition coefficient (Wildman–Crippen LogP) is 1.90. The van der Waals surface area contributed by atoms with E-state index in [9.17, 15) is 19.1 Å². The number of amides is 1. The first-order chi connectivity index (χ1) is 9.50. The number of hydrogen-bond donors (Lipinski definition) is 3. The number of carboxylic acids is 1. The minimum atomic E-state index is -0.965. The molecule has 2 atom stereocenters. The third-order valence-corrected chi connectivity index (χ3v) is 3.62. The van der Waals surface area contributed by atoms with Crippen molar-refractivity contribution in [2.45, 2.75) is 31.7 Å². The molecule has 1 amide bonds. The zero-order chi connectivity index (χ0) is 14.7. The molecule has 1 aromatic carbocycles. The Morgan fingerprint density at radius 1 is 1.25 bits per heavy atom. The van der Waals surface area contributed by atoms with Crippen molar-refractivity contribution in [3.8, 4) is 5.75 Å². The van der Waals surface area contributed by atoms with E-state index >= 15 is 0 Å². The summed E-state index contributed by atoms with van der Waals surface area (Å²) in [5.41, 5.74) is -0.442. The Balaban J connectivity index is 2.16. The molecule has 3 N–H and O–H groups in total. The number of phenolic OH excluding ortho intramolecular Hbond substituents is 1. The van der Waals surface area contributed by atoms with E-state index in [1.165, 1.54) is 12.1 Å². The van der Waals surface area contributed by atoms with Crippen molar-refractivity contribution in [1.82, 2.24) is 5.32 Å². The van der Waals surface area contributed by atoms with Crippen LogP contribution in [0, 0.1) is 11.7 Å². The van der Waals surface area contributed by atoms with Crippen molar-refractivity contribution in [1.29, 1.82) is 0 Å². The van der Waals surface area contributed by atoms with Crippen molar-refractivity contribution in [3.05, 3.63) is 29.6 Å². The summed E-state index contributed by atoms with van der Waals surface area (Å²) < 4.78 is 13.6. The van der Waals surface area contributed by atoms with E-state index in [-0.39, 0.29) is 0 Å². The largest absolute Gasteiger partial charge is 0.507 e. The van der Waals surface area contributed by atoms with Gasteiger partial charge >= 0.3 is 5.97 Å². The van der Waals surface area contributed by atoms with Gasteiger partial charge in [0.05, 0.1) is 5.92 Å². The summed E-state index contributed by atoms with van der Waals surface area (Å²) in [6.07, 6.45) is 2.65. The summed E-state index contributed by atoms with van der Waals surface area (Å²) >= 11 is 0. The predicted molar refractivity (Wildman–Crippen MR) is 68.9 cm³/mol. The second kappa shape index (κ2) is 5.90. The zero-order valence-electron chi connectivity index (χ0n) is 10.8. The number of aliphatic carboxylic acids is 1. The Morgan fingerprint density at radius 3 is 2.60 bits per heavy atom. The molecule has 0 heterocycles. The van der Waals surface area contributed by atoms with Gasteiger partial charge in [0.2, 0.25) is 0 Å². The molecule has 0 bridgehead atoms. The van der Waals surface area contributed by atoms with Crippen LogP contribution in [0.3, 0.4) is 0 Å². The number of carbonyl (C=O) groups is 2. The first kappa shape index (κ1) is 14.3. The van der Waals surface area contributed by atoms with E-state index in [1.807, 2.05) is 0 Å². The molecule has 0 aromatic heterocycles. The SMILES string of the molecule is O=C(NC1CCCCC1C(=O)O)c1c(O)cccc1F. The van der Waals surface area contributed by atoms with Gasteiger partial charge in [-0.3, -0.25) is 9.59 Å². The molecule has 6 heteroatoms. The summed E-state index contributed by atoms with van der Waals surface area (Å²) in [7, 11) is 0. The number of rotatable bonds is 3. The Hall–Kier alpha value is -2.11. The van der Waals surface area contributed by atoms with Gasteiger partial charge in [-0.2, -0.15) is 0 Å². The van der Waals surface area contributed by atoms with Crippen LogP contribution in [0.15, 0.2) is 18.2 Å². The van der Waals surface area contributed by atoms with Gasteiger partial charge in [0.1, 0.15) is 17.1 Å². The quantitative estimate of drug-likeness (QED) is 0.789. The number of aromatic hydroxyl groups is 1. The van der Waals surface area contributed by atoms with Crippen molar-refractivity contribution in [2.75, 3.05) is 0 Å². The number of hydrogen-bond acceptors (Lipinski definition) is 3. The second-order valence-electron chi connectivity index (χ2n) is 4.94. The average Bonchev–Trinajstić information content (AvgIpc) is 2.38. The Labute approximate surface area is 115 Å². The van der Waals surface area contributed by atoms with E-state index in [0.717, 1.165) is 18.9 Å². The van der Waals surface area contributed by atoms with Crippen LogP contribution in [0.2, 0.25) is 0 Å². The molecule has 2 unspecified atom stereocenters. The second-order valence-corrected chi connectivity index (χ2v) is 4.94. The van der Waals surface area contributed by atoms with Crippen LogP contribution < -0.4 is 5.32 Å². The van der Waals surface area contributed by atoms with Gasteiger partial charge in [-0.25, -0.2) is 4.39 Å². The van der Waals surface area contributed by atoms with Gasteiger partial charge < -0.3 is 15.5 Å². The summed E-state index contributed by atoms with van der Waals surface area (Å²) in [5.74, 6) is -3.69. The smallest absolute Gasteiger partial charge is 0.308 e. The van der Waals surface area contributed by atoms with Crippen LogP contribution in [0.25, 0.3) is 0 Å². The number of benzene rings is 1. The van der Waals surface area contributed by atoms with E-state index in [1.54, 1.807) is 0 Å². The highest BCUT2D eigenvalue weighted by atomic mass is 19.1. The molecule has 1 aliphatic carbocycles. The van der Waals surface area contributed by atoms with Gasteiger partial charge in [-0.05, 0) is 25.0 Å². The lowest BCUT2D eigenvalue weighted by atomic mass is 9.84. The van der Waals surface area contributed by atoms with Gasteiger partial charge in [-0.15, -0.1) is 0 Å². The minimum Gasteiger partial charge on any atom is -0.507 e. The Kier molecular flexibility index (Phi) is 4.22. The van der Waals surface area contributed by atoms with Crippen molar-refractivity contribution in [3.63, 3.8) is 0 Å². The third kappa shape index (κ3) is 2.89. The van der Waals surface area contributed by atoms with Crippen LogP contribution in [0.4, 0.5) is 4.39 Å². The summed E-state index contributed by atoms with van der Waals surface area (Å²) in [5, 5.41) is 21.2. The first-order valence-corrected chi connectivity index (χ1v) is 6.52. The fourth-order valence-corrected chi connectivity index (χ4v) is 2.58. The molecular weight excluding hydrogens is 265 g/mol. The maximum atomic E-state index is 13.6. The lowest BCUT2D eigenvalue weighted by molar-refractivity contribution is -0.143. The summed E-state index contributed by atoms with van der Waals surface area (Å²) in [4.78, 5) is 23.2. The highest BCUT2D eigenvalue weighted by molar-refractivity contribution is 5.97. The van der Waals surface area contributed by atoms with Crippen molar-refractivity contribution < 1.29 is 24.2 Å². The number of nitrogens with one attached hydrogen (secondary N) is 1. The van der Waals surface area contributed by atoms with E-state index in [2.05, 4.69) is 5.32 Å². The number of phenols is 1. The molecule has 0 radical (unpaired) electrons. The summed E-state index contributed by atoms with van der Waals surface area (Å²) in [6, 6.07) is 3.05. The monoisotopic (exact) mass is 281 g/mol. The molecule has 1 aliphatic rings. The van der Waals surface area contributed by atoms with Crippen LogP contribution in [0.1, 0.15) is 36.0 Å². The molecule has 1 saturated carbocycles. The zero-order valence-corrected chi connectivity index (χ0v) is 10.8. The number of carbonyl (C=O) groups excluding carboxylic acids is 1.